The van der Waals surface area contributed by atoms with Crippen LogP contribution < -0.4 is 10.2 Å². The molecule has 1 saturated carbocycles. The molecule has 1 fully saturated rings. The minimum absolute atomic E-state index is 0.135. The van der Waals surface area contributed by atoms with E-state index in [9.17, 15) is 4.79 Å². The average Bonchev–Trinajstić information content (AvgIpc) is 3.86. The number of pyridine rings is 1. The lowest BCUT2D eigenvalue weighted by Gasteiger charge is -2.16. The normalized spacial score (nSPS) is 15.9. The summed E-state index contributed by atoms with van der Waals surface area (Å²) in [6.45, 7) is 16.9. The van der Waals surface area contributed by atoms with Crippen molar-refractivity contribution in [1.29, 1.82) is 0 Å². The van der Waals surface area contributed by atoms with Crippen LogP contribution in [0.4, 0.5) is 11.4 Å². The maximum Gasteiger partial charge on any atom is 0.176 e. The number of carbonyl (C=O) groups excluding carboxylic acids is 1. The number of nitrogens with zero attached hydrogens (tertiary/aromatic N) is 3. The van der Waals surface area contributed by atoms with Gasteiger partial charge in [-0.2, -0.15) is 0 Å². The van der Waals surface area contributed by atoms with Crippen molar-refractivity contribution >= 4 is 36.8 Å². The van der Waals surface area contributed by atoms with Crippen molar-refractivity contribution in [3.63, 3.8) is 0 Å². The summed E-state index contributed by atoms with van der Waals surface area (Å²) in [6, 6.07) is 10.2. The van der Waals surface area contributed by atoms with Crippen LogP contribution in [0.15, 0.2) is 48.0 Å². The van der Waals surface area contributed by atoms with Crippen molar-refractivity contribution in [2.75, 3.05) is 37.5 Å². The van der Waals surface area contributed by atoms with E-state index in [4.69, 9.17) is 17.6 Å². The Labute approximate surface area is 326 Å². The van der Waals surface area contributed by atoms with Gasteiger partial charge in [-0.3, -0.25) is 9.78 Å². The van der Waals surface area contributed by atoms with Gasteiger partial charge in [-0.25, -0.2) is 4.58 Å². The Morgan fingerprint density at radius 1 is 1.00 bits per heavy atom. The standard InChI is InChI=1S/C28H34BN4O2.C9H20.C5H10.C4H10/c1-19-9-10-23-25(15-19)32(3)28(31-23)8-6-5-7-26(34)21-16-20(2)30-24(17-21)22-18-33(14-12-29)13-11-27(22)35-4;1-4-6-7-8-9(3)5-2;1-2-4-5-3-1;1-3-4-2/h8-10,15-18,31H,5-7,11-14H2,1-4H3;9H,4-8H2,1-3H3;1-5H2;3-4H2,1-2H3/q+1;;;/b28-8-;;;/t;9-;;/m.1../s1. The summed E-state index contributed by atoms with van der Waals surface area (Å²) in [5.41, 5.74) is 6.77. The van der Waals surface area contributed by atoms with Crippen molar-refractivity contribution in [2.45, 2.75) is 158 Å². The monoisotopic (exact) mass is 726 g/mol. The van der Waals surface area contributed by atoms with E-state index in [0.717, 1.165) is 72.5 Å². The number of anilines is 2. The van der Waals surface area contributed by atoms with Crippen LogP contribution in [0, 0.1) is 19.8 Å². The molecule has 0 bridgehead atoms. The zero-order valence-electron chi connectivity index (χ0n) is 35.3. The molecule has 0 amide bonds. The number of Topliss-reactive ketones (excluding diaryl/α,β-unsaturated/α-hetero) is 1. The van der Waals surface area contributed by atoms with Gasteiger partial charge in [0.1, 0.15) is 30.2 Å². The van der Waals surface area contributed by atoms with Crippen LogP contribution in [-0.2, 0) is 4.74 Å². The number of benzene rings is 1. The highest BCUT2D eigenvalue weighted by atomic mass is 16.5. The minimum atomic E-state index is 0.135. The fourth-order valence-electron chi connectivity index (χ4n) is 6.47. The number of aromatic nitrogens is 1. The van der Waals surface area contributed by atoms with E-state index in [0.29, 0.717) is 18.3 Å². The Hall–Kier alpha value is -3.35. The summed E-state index contributed by atoms with van der Waals surface area (Å²) in [5, 5.41) is 3.47. The fourth-order valence-corrected chi connectivity index (χ4v) is 6.47. The third-order valence-corrected chi connectivity index (χ3v) is 10.3. The first kappa shape index (κ1) is 45.8. The number of nitrogens with one attached hydrogen (secondary N) is 1. The van der Waals surface area contributed by atoms with Crippen LogP contribution in [0.3, 0.4) is 0 Å². The van der Waals surface area contributed by atoms with E-state index in [1.165, 1.54) is 88.3 Å². The van der Waals surface area contributed by atoms with E-state index in [1.54, 1.807) is 7.11 Å². The van der Waals surface area contributed by atoms with E-state index in [1.807, 2.05) is 19.1 Å². The maximum absolute atomic E-state index is 13.1. The molecule has 1 aromatic heterocycles. The number of ketones is 1. The summed E-state index contributed by atoms with van der Waals surface area (Å²) < 4.78 is 7.83. The largest absolute Gasteiger partial charge is 0.500 e. The number of carbonyl (C=O) groups is 1. The van der Waals surface area contributed by atoms with Crippen molar-refractivity contribution in [1.82, 2.24) is 4.98 Å². The second-order valence-corrected chi connectivity index (χ2v) is 15.0. The van der Waals surface area contributed by atoms with Crippen LogP contribution in [0.1, 0.15) is 165 Å². The molecule has 53 heavy (non-hydrogen) atoms. The number of fused-ring (bicyclic) bond motifs is 1. The quantitative estimate of drug-likeness (QED) is 0.0857. The summed E-state index contributed by atoms with van der Waals surface area (Å²) in [6.07, 6.45) is 24.8. The number of unbranched alkanes of at least 4 members (excludes halogenated alkanes) is 4. The molecule has 3 aliphatic rings. The molecule has 292 valence electrons. The van der Waals surface area contributed by atoms with Crippen LogP contribution in [0.5, 0.6) is 0 Å². The lowest BCUT2D eigenvalue weighted by Crippen LogP contribution is -2.23. The van der Waals surface area contributed by atoms with E-state index < -0.39 is 0 Å². The third-order valence-electron chi connectivity index (χ3n) is 10.3. The molecule has 3 heterocycles. The molecule has 2 aromatic rings. The highest BCUT2D eigenvalue weighted by Crippen LogP contribution is 2.36. The highest BCUT2D eigenvalue weighted by molar-refractivity contribution is 6.09. The van der Waals surface area contributed by atoms with Gasteiger partial charge < -0.3 is 15.0 Å². The lowest BCUT2D eigenvalue weighted by atomic mass is 10.00. The molecule has 2 aliphatic heterocycles. The Balaban J connectivity index is 0.000000442. The zero-order chi connectivity index (χ0) is 39.0. The number of hydrogen-bond donors (Lipinski definition) is 1. The number of ether oxygens (including phenoxy) is 1. The van der Waals surface area contributed by atoms with Gasteiger partial charge in [0.25, 0.3) is 0 Å². The smallest absolute Gasteiger partial charge is 0.176 e. The topological polar surface area (TPSA) is 57.5 Å². The molecule has 6 nitrogen and oxygen atoms in total. The molecule has 5 rings (SSSR count). The number of hydrogen-bond acceptors (Lipinski definition) is 5. The minimum Gasteiger partial charge on any atom is -0.500 e. The van der Waals surface area contributed by atoms with Crippen LogP contribution in [0.25, 0.3) is 5.57 Å². The van der Waals surface area contributed by atoms with Gasteiger partial charge in [-0.05, 0) is 74.8 Å². The molecule has 1 N–H and O–H groups in total. The van der Waals surface area contributed by atoms with Gasteiger partial charge in [0, 0.05) is 24.7 Å². The van der Waals surface area contributed by atoms with Crippen LogP contribution in [0.2, 0.25) is 6.32 Å². The first-order valence-corrected chi connectivity index (χ1v) is 21.0. The number of rotatable bonds is 15. The summed E-state index contributed by atoms with van der Waals surface area (Å²) >= 11 is 0. The van der Waals surface area contributed by atoms with Gasteiger partial charge in [0.05, 0.1) is 38.4 Å². The molecular weight excluding hydrogens is 651 g/mol. The Morgan fingerprint density at radius 2 is 1.70 bits per heavy atom. The molecule has 2 radical (unpaired) electrons. The van der Waals surface area contributed by atoms with Crippen molar-refractivity contribution in [2.24, 2.45) is 5.92 Å². The zero-order valence-corrected chi connectivity index (χ0v) is 35.3. The van der Waals surface area contributed by atoms with Gasteiger partial charge in [0.2, 0.25) is 0 Å². The van der Waals surface area contributed by atoms with Gasteiger partial charge in [0.15, 0.2) is 12.0 Å². The molecule has 0 saturated heterocycles. The predicted molar refractivity (Wildman–Crippen MR) is 231 cm³/mol. The van der Waals surface area contributed by atoms with E-state index in [2.05, 4.69) is 93.9 Å². The average molecular weight is 726 g/mol. The summed E-state index contributed by atoms with van der Waals surface area (Å²) in [4.78, 5) is 19.9. The van der Waals surface area contributed by atoms with Crippen molar-refractivity contribution in [3.8, 4) is 0 Å². The van der Waals surface area contributed by atoms with Gasteiger partial charge in [-0.1, -0.05) is 118 Å². The highest BCUT2D eigenvalue weighted by Gasteiger charge is 2.23. The van der Waals surface area contributed by atoms with E-state index >= 15 is 0 Å². The van der Waals surface area contributed by atoms with Crippen molar-refractivity contribution in [3.05, 3.63) is 70.5 Å². The van der Waals surface area contributed by atoms with E-state index in [-0.39, 0.29) is 5.78 Å². The fraction of sp³-hybridized carbons (Fsp3) is 0.630. The van der Waals surface area contributed by atoms with Gasteiger partial charge in [-0.15, -0.1) is 0 Å². The molecule has 1 atom stereocenters. The molecule has 1 aromatic carbocycles. The molecule has 0 spiro atoms. The first-order valence-electron chi connectivity index (χ1n) is 21.0. The number of aryl methyl sites for hydroxylation is 2. The Bertz CT molecular complexity index is 1450. The van der Waals surface area contributed by atoms with Crippen molar-refractivity contribution < 1.29 is 14.1 Å². The number of methoxy groups -OCH3 is 1. The molecule has 7 heteroatoms. The second kappa shape index (κ2) is 26.4. The molecular formula is C46H74BN4O2+. The molecule has 0 unspecified atom stereocenters. The Morgan fingerprint density at radius 3 is 2.30 bits per heavy atom. The van der Waals surface area contributed by atoms with Gasteiger partial charge >= 0.3 is 0 Å². The Kier molecular flexibility index (Phi) is 22.8. The summed E-state index contributed by atoms with van der Waals surface area (Å²) in [5.74, 6) is 3.05. The molecule has 1 aliphatic carbocycles. The second-order valence-electron chi connectivity index (χ2n) is 15.0. The lowest BCUT2D eigenvalue weighted by molar-refractivity contribution is -0.519. The SMILES string of the molecule is C1CCCC1.CCCC.CCCCC[C@H](C)CC.[B]CC[N+]1=CC(c2cc(C(=O)CCC/C=C3/Nc4ccc(C)cc4N3C)cc(C)n2)=C(OC)CC1. The summed E-state index contributed by atoms with van der Waals surface area (Å²) in [7, 11) is 9.51. The predicted octanol–water partition coefficient (Wildman–Crippen LogP) is 12.3. The maximum atomic E-state index is 13.1. The van der Waals surface area contributed by atoms with Crippen LogP contribution in [-0.4, -0.2) is 56.7 Å². The number of allylic oxidation sites excluding steroid dienone is 2. The first-order chi connectivity index (χ1) is 25.6. The van der Waals surface area contributed by atoms with Crippen LogP contribution >= 0.6 is 0 Å². The third kappa shape index (κ3) is 16.7.